The lowest BCUT2D eigenvalue weighted by Gasteiger charge is -2.24. The third-order valence-electron chi connectivity index (χ3n) is 4.51. The number of anilines is 1. The lowest BCUT2D eigenvalue weighted by molar-refractivity contribution is 0.399. The van der Waals surface area contributed by atoms with Crippen molar-refractivity contribution >= 4 is 16.5 Å². The van der Waals surface area contributed by atoms with Crippen molar-refractivity contribution in [2.75, 3.05) is 5.32 Å². The van der Waals surface area contributed by atoms with Gasteiger partial charge in [0.1, 0.15) is 5.82 Å². The van der Waals surface area contributed by atoms with Crippen LogP contribution in [0, 0.1) is 6.92 Å². The number of nitrogens with one attached hydrogen (secondary N) is 1. The zero-order valence-electron chi connectivity index (χ0n) is 13.3. The number of fused-ring (bicyclic) bond motifs is 1. The van der Waals surface area contributed by atoms with Crippen LogP contribution in [0.3, 0.4) is 0 Å². The van der Waals surface area contributed by atoms with Gasteiger partial charge in [0.2, 0.25) is 0 Å². The first-order valence-corrected chi connectivity index (χ1v) is 8.20. The molecule has 0 saturated heterocycles. The smallest absolute Gasteiger partial charge is 0.132 e. The molecular formula is C19H20N4. The number of aryl methyl sites for hydroxylation is 1. The fourth-order valence-electron chi connectivity index (χ4n) is 2.98. The molecule has 1 fully saturated rings. The van der Waals surface area contributed by atoms with E-state index in [-0.39, 0.29) is 0 Å². The first kappa shape index (κ1) is 14.1. The van der Waals surface area contributed by atoms with Gasteiger partial charge >= 0.3 is 0 Å². The van der Waals surface area contributed by atoms with E-state index >= 15 is 0 Å². The number of aromatic nitrogens is 3. The monoisotopic (exact) mass is 304 g/mol. The average Bonchev–Trinajstić information content (AvgIpc) is 2.51. The maximum absolute atomic E-state index is 4.75. The molecule has 1 saturated carbocycles. The fraction of sp³-hybridized carbons (Fsp3) is 0.316. The van der Waals surface area contributed by atoms with Crippen LogP contribution in [0.25, 0.3) is 10.8 Å². The molecule has 0 unspecified atom stereocenters. The molecule has 0 radical (unpaired) electrons. The molecule has 3 aromatic rings. The van der Waals surface area contributed by atoms with Gasteiger partial charge in [-0.3, -0.25) is 4.98 Å². The molecule has 4 heteroatoms. The number of hydrogen-bond acceptors (Lipinski definition) is 4. The Morgan fingerprint density at radius 3 is 2.83 bits per heavy atom. The Balaban J connectivity index is 1.52. The van der Waals surface area contributed by atoms with Gasteiger partial charge in [-0.25, -0.2) is 9.97 Å². The lowest BCUT2D eigenvalue weighted by Crippen LogP contribution is -2.15. The molecule has 116 valence electrons. The van der Waals surface area contributed by atoms with E-state index in [0.717, 1.165) is 34.8 Å². The molecular weight excluding hydrogens is 284 g/mol. The Kier molecular flexibility index (Phi) is 3.66. The Morgan fingerprint density at radius 2 is 2.00 bits per heavy atom. The number of rotatable bonds is 4. The predicted molar refractivity (Wildman–Crippen MR) is 92.4 cm³/mol. The van der Waals surface area contributed by atoms with Crippen LogP contribution in [-0.4, -0.2) is 15.0 Å². The summed E-state index contributed by atoms with van der Waals surface area (Å²) in [6, 6.07) is 10.4. The molecule has 4 rings (SSSR count). The number of pyridine rings is 1. The van der Waals surface area contributed by atoms with E-state index in [2.05, 4.69) is 46.5 Å². The summed E-state index contributed by atoms with van der Waals surface area (Å²) in [4.78, 5) is 13.5. The zero-order chi connectivity index (χ0) is 15.6. The quantitative estimate of drug-likeness (QED) is 0.784. The molecule has 1 aliphatic carbocycles. The van der Waals surface area contributed by atoms with Crippen LogP contribution in [0.5, 0.6) is 0 Å². The second-order valence-electron chi connectivity index (χ2n) is 6.28. The maximum Gasteiger partial charge on any atom is 0.132 e. The van der Waals surface area contributed by atoms with Gasteiger partial charge in [0.15, 0.2) is 0 Å². The third-order valence-corrected chi connectivity index (χ3v) is 4.51. The van der Waals surface area contributed by atoms with Crippen LogP contribution in [0.2, 0.25) is 0 Å². The van der Waals surface area contributed by atoms with E-state index in [1.807, 2.05) is 18.5 Å². The third kappa shape index (κ3) is 3.02. The Morgan fingerprint density at radius 1 is 1.09 bits per heavy atom. The van der Waals surface area contributed by atoms with E-state index < -0.39 is 0 Å². The van der Waals surface area contributed by atoms with Crippen LogP contribution in [0.4, 0.5) is 5.69 Å². The van der Waals surface area contributed by atoms with E-state index in [1.165, 1.54) is 24.6 Å². The summed E-state index contributed by atoms with van der Waals surface area (Å²) < 4.78 is 0. The van der Waals surface area contributed by atoms with Gasteiger partial charge in [0, 0.05) is 35.1 Å². The van der Waals surface area contributed by atoms with Crippen LogP contribution >= 0.6 is 0 Å². The van der Waals surface area contributed by atoms with E-state index in [1.54, 1.807) is 0 Å². The zero-order valence-corrected chi connectivity index (χ0v) is 13.3. The van der Waals surface area contributed by atoms with Crippen molar-refractivity contribution < 1.29 is 0 Å². The Labute approximate surface area is 136 Å². The highest BCUT2D eigenvalue weighted by atomic mass is 14.9. The van der Waals surface area contributed by atoms with Crippen molar-refractivity contribution in [2.24, 2.45) is 0 Å². The normalized spacial score (nSPS) is 14.7. The molecule has 23 heavy (non-hydrogen) atoms. The highest BCUT2D eigenvalue weighted by molar-refractivity contribution is 5.84. The molecule has 2 heterocycles. The summed E-state index contributed by atoms with van der Waals surface area (Å²) in [5.41, 5.74) is 3.22. The minimum Gasteiger partial charge on any atom is -0.379 e. The largest absolute Gasteiger partial charge is 0.379 e. The highest BCUT2D eigenvalue weighted by Crippen LogP contribution is 2.34. The molecule has 0 atom stereocenters. The number of hydrogen-bond donors (Lipinski definition) is 1. The highest BCUT2D eigenvalue weighted by Gasteiger charge is 2.22. The molecule has 0 aliphatic heterocycles. The van der Waals surface area contributed by atoms with E-state index in [0.29, 0.717) is 5.92 Å². The second-order valence-corrected chi connectivity index (χ2v) is 6.28. The van der Waals surface area contributed by atoms with Gasteiger partial charge < -0.3 is 5.32 Å². The minimum atomic E-state index is 0.571. The van der Waals surface area contributed by atoms with Crippen molar-refractivity contribution in [2.45, 2.75) is 38.6 Å². The number of benzene rings is 1. The molecule has 0 amide bonds. The van der Waals surface area contributed by atoms with Crippen LogP contribution < -0.4 is 5.32 Å². The van der Waals surface area contributed by atoms with Crippen molar-refractivity contribution in [3.63, 3.8) is 0 Å². The van der Waals surface area contributed by atoms with Gasteiger partial charge in [0.25, 0.3) is 0 Å². The van der Waals surface area contributed by atoms with Crippen LogP contribution in [-0.2, 0) is 6.54 Å². The predicted octanol–water partition coefficient (Wildman–Crippen LogP) is 4.21. The maximum atomic E-state index is 4.75. The van der Waals surface area contributed by atoms with E-state index in [9.17, 15) is 0 Å². The summed E-state index contributed by atoms with van der Waals surface area (Å²) in [7, 11) is 0. The van der Waals surface area contributed by atoms with E-state index in [4.69, 9.17) is 4.98 Å². The molecule has 4 nitrogen and oxygen atoms in total. The summed E-state index contributed by atoms with van der Waals surface area (Å²) in [5, 5.41) is 5.82. The SMILES string of the molecule is Cc1cc(CNc2ccc3cnccc3c2)nc(C2CCC2)n1. The van der Waals surface area contributed by atoms with Crippen molar-refractivity contribution in [3.8, 4) is 0 Å². The first-order valence-electron chi connectivity index (χ1n) is 8.20. The van der Waals surface area contributed by atoms with Gasteiger partial charge in [-0.05, 0) is 49.4 Å². The van der Waals surface area contributed by atoms with Gasteiger partial charge in [0.05, 0.1) is 12.2 Å². The Bertz CT molecular complexity index is 840. The summed E-state index contributed by atoms with van der Waals surface area (Å²) >= 11 is 0. The molecule has 2 aromatic heterocycles. The standard InChI is InChI=1S/C19H20N4/c1-13-9-18(23-19(22-13)14-3-2-4-14)12-21-17-6-5-16-11-20-8-7-15(16)10-17/h5-11,14,21H,2-4,12H2,1H3. The van der Waals surface area contributed by atoms with Crippen LogP contribution in [0.15, 0.2) is 42.7 Å². The summed E-state index contributed by atoms with van der Waals surface area (Å²) in [5.74, 6) is 1.60. The molecule has 0 spiro atoms. The first-order chi connectivity index (χ1) is 11.3. The minimum absolute atomic E-state index is 0.571. The van der Waals surface area contributed by atoms with Gasteiger partial charge in [-0.1, -0.05) is 12.5 Å². The van der Waals surface area contributed by atoms with Gasteiger partial charge in [-0.2, -0.15) is 0 Å². The molecule has 1 aromatic carbocycles. The average molecular weight is 304 g/mol. The Hall–Kier alpha value is -2.49. The van der Waals surface area contributed by atoms with Crippen molar-refractivity contribution in [3.05, 3.63) is 59.9 Å². The summed E-state index contributed by atoms with van der Waals surface area (Å²) in [6.07, 6.45) is 7.48. The van der Waals surface area contributed by atoms with Crippen LogP contribution in [0.1, 0.15) is 42.4 Å². The second kappa shape index (κ2) is 5.95. The van der Waals surface area contributed by atoms with Gasteiger partial charge in [-0.15, -0.1) is 0 Å². The lowest BCUT2D eigenvalue weighted by atomic mass is 9.85. The molecule has 0 bridgehead atoms. The summed E-state index contributed by atoms with van der Waals surface area (Å²) in [6.45, 7) is 2.77. The molecule has 1 aliphatic rings. The molecule has 1 N–H and O–H groups in total. The topological polar surface area (TPSA) is 50.7 Å². The van der Waals surface area contributed by atoms with Crippen molar-refractivity contribution in [1.29, 1.82) is 0 Å². The van der Waals surface area contributed by atoms with Crippen molar-refractivity contribution in [1.82, 2.24) is 15.0 Å². The fourth-order valence-corrected chi connectivity index (χ4v) is 2.98. The number of nitrogens with zero attached hydrogens (tertiary/aromatic N) is 3.